The average molecular weight is 175 g/mol. The van der Waals surface area contributed by atoms with Gasteiger partial charge in [-0.25, -0.2) is 0 Å². The molecular formula is C10H9NO2. The van der Waals surface area contributed by atoms with E-state index in [1.165, 1.54) is 4.90 Å². The van der Waals surface area contributed by atoms with Gasteiger partial charge < -0.3 is 4.90 Å². The van der Waals surface area contributed by atoms with Crippen LogP contribution in [0.1, 0.15) is 15.9 Å². The SMILES string of the molecule is Cc1ccc2c(c1)C(=O)C(=O)N2C. The monoisotopic (exact) mass is 175 g/mol. The lowest BCUT2D eigenvalue weighted by atomic mass is 10.1. The molecule has 13 heavy (non-hydrogen) atoms. The maximum absolute atomic E-state index is 11.4. The molecule has 0 spiro atoms. The van der Waals surface area contributed by atoms with Gasteiger partial charge in [0.2, 0.25) is 0 Å². The summed E-state index contributed by atoms with van der Waals surface area (Å²) >= 11 is 0. The Bertz CT molecular complexity index is 409. The molecule has 0 unspecified atom stereocenters. The van der Waals surface area contributed by atoms with E-state index in [4.69, 9.17) is 0 Å². The smallest absolute Gasteiger partial charge is 0.299 e. The summed E-state index contributed by atoms with van der Waals surface area (Å²) in [4.78, 5) is 24.0. The minimum atomic E-state index is -0.444. The first-order chi connectivity index (χ1) is 6.11. The number of hydrogen-bond donors (Lipinski definition) is 0. The summed E-state index contributed by atoms with van der Waals surface area (Å²) in [5, 5.41) is 0. The molecule has 3 heteroatoms. The highest BCUT2D eigenvalue weighted by molar-refractivity contribution is 6.52. The maximum atomic E-state index is 11.4. The Hall–Kier alpha value is -1.64. The third kappa shape index (κ3) is 0.967. The Morgan fingerprint density at radius 2 is 1.92 bits per heavy atom. The van der Waals surface area contributed by atoms with Crippen molar-refractivity contribution in [2.75, 3.05) is 11.9 Å². The third-order valence-electron chi connectivity index (χ3n) is 2.26. The molecule has 0 radical (unpaired) electrons. The van der Waals surface area contributed by atoms with Crippen LogP contribution in [-0.2, 0) is 4.79 Å². The number of carbonyl (C=O) groups excluding carboxylic acids is 2. The summed E-state index contributed by atoms with van der Waals surface area (Å²) < 4.78 is 0. The van der Waals surface area contributed by atoms with Crippen LogP contribution in [0.15, 0.2) is 18.2 Å². The molecule has 66 valence electrons. The lowest BCUT2D eigenvalue weighted by Crippen LogP contribution is -2.24. The van der Waals surface area contributed by atoms with Crippen LogP contribution in [0.25, 0.3) is 0 Å². The van der Waals surface area contributed by atoms with E-state index in [1.54, 1.807) is 19.2 Å². The zero-order valence-corrected chi connectivity index (χ0v) is 7.50. The molecule has 3 nitrogen and oxygen atoms in total. The van der Waals surface area contributed by atoms with Gasteiger partial charge in [-0.15, -0.1) is 0 Å². The quantitative estimate of drug-likeness (QED) is 0.555. The molecular weight excluding hydrogens is 166 g/mol. The Balaban J connectivity index is 2.67. The number of ketones is 1. The third-order valence-corrected chi connectivity index (χ3v) is 2.26. The van der Waals surface area contributed by atoms with Gasteiger partial charge in [0, 0.05) is 7.05 Å². The van der Waals surface area contributed by atoms with E-state index in [-0.39, 0.29) is 0 Å². The van der Waals surface area contributed by atoms with Gasteiger partial charge in [-0.2, -0.15) is 0 Å². The van der Waals surface area contributed by atoms with E-state index < -0.39 is 11.7 Å². The Morgan fingerprint density at radius 1 is 1.23 bits per heavy atom. The predicted molar refractivity (Wildman–Crippen MR) is 48.9 cm³/mol. The molecule has 0 N–H and O–H groups in total. The van der Waals surface area contributed by atoms with Crippen molar-refractivity contribution in [1.29, 1.82) is 0 Å². The Kier molecular flexibility index (Phi) is 1.49. The molecule has 0 aromatic heterocycles. The van der Waals surface area contributed by atoms with Gasteiger partial charge in [0.1, 0.15) is 0 Å². The first-order valence-corrected chi connectivity index (χ1v) is 4.04. The normalized spacial score (nSPS) is 15.1. The highest BCUT2D eigenvalue weighted by atomic mass is 16.2. The molecule has 0 bridgehead atoms. The van der Waals surface area contributed by atoms with Gasteiger partial charge in [0.15, 0.2) is 0 Å². The minimum absolute atomic E-state index is 0.402. The second-order valence-corrected chi connectivity index (χ2v) is 3.21. The number of likely N-dealkylation sites (N-methyl/N-ethyl adjacent to an activating group) is 1. The van der Waals surface area contributed by atoms with Gasteiger partial charge in [0.25, 0.3) is 11.7 Å². The van der Waals surface area contributed by atoms with Crippen molar-refractivity contribution < 1.29 is 9.59 Å². The highest BCUT2D eigenvalue weighted by Crippen LogP contribution is 2.27. The van der Waals surface area contributed by atoms with Crippen molar-refractivity contribution in [3.63, 3.8) is 0 Å². The van der Waals surface area contributed by atoms with Crippen molar-refractivity contribution in [2.45, 2.75) is 6.92 Å². The van der Waals surface area contributed by atoms with Crippen LogP contribution < -0.4 is 4.90 Å². The number of hydrogen-bond acceptors (Lipinski definition) is 2. The molecule has 2 rings (SSSR count). The number of nitrogens with zero attached hydrogens (tertiary/aromatic N) is 1. The largest absolute Gasteiger partial charge is 0.308 e. The summed E-state index contributed by atoms with van der Waals surface area (Å²) in [5.74, 6) is -0.846. The number of aryl methyl sites for hydroxylation is 1. The number of anilines is 1. The fraction of sp³-hybridized carbons (Fsp3) is 0.200. The Morgan fingerprint density at radius 3 is 2.62 bits per heavy atom. The molecule has 1 amide bonds. The van der Waals surface area contributed by atoms with Gasteiger partial charge >= 0.3 is 0 Å². The highest BCUT2D eigenvalue weighted by Gasteiger charge is 2.32. The summed E-state index contributed by atoms with van der Waals surface area (Å²) in [6.07, 6.45) is 0. The molecule has 0 fully saturated rings. The van der Waals surface area contributed by atoms with Gasteiger partial charge in [-0.1, -0.05) is 11.6 Å². The van der Waals surface area contributed by atoms with E-state index in [1.807, 2.05) is 13.0 Å². The predicted octanol–water partition coefficient (Wildman–Crippen LogP) is 1.15. The molecule has 0 saturated carbocycles. The zero-order valence-electron chi connectivity index (χ0n) is 7.50. The summed E-state index contributed by atoms with van der Waals surface area (Å²) in [7, 11) is 1.61. The van der Waals surface area contributed by atoms with Crippen molar-refractivity contribution in [1.82, 2.24) is 0 Å². The van der Waals surface area contributed by atoms with Crippen LogP contribution in [0, 0.1) is 6.92 Å². The van der Waals surface area contributed by atoms with Crippen molar-refractivity contribution in [3.8, 4) is 0 Å². The number of rotatable bonds is 0. The number of amides is 1. The fourth-order valence-corrected chi connectivity index (χ4v) is 1.50. The van der Waals surface area contributed by atoms with Crippen LogP contribution in [0.3, 0.4) is 0 Å². The lowest BCUT2D eigenvalue weighted by Gasteiger charge is -2.07. The van der Waals surface area contributed by atoms with E-state index in [9.17, 15) is 9.59 Å². The van der Waals surface area contributed by atoms with Crippen molar-refractivity contribution in [2.24, 2.45) is 0 Å². The van der Waals surface area contributed by atoms with Crippen LogP contribution in [-0.4, -0.2) is 18.7 Å². The van der Waals surface area contributed by atoms with Crippen LogP contribution in [0.2, 0.25) is 0 Å². The van der Waals surface area contributed by atoms with E-state index in [2.05, 4.69) is 0 Å². The summed E-state index contributed by atoms with van der Waals surface area (Å²) in [5.41, 5.74) is 2.23. The van der Waals surface area contributed by atoms with Gasteiger partial charge in [-0.05, 0) is 19.1 Å². The van der Waals surface area contributed by atoms with Crippen LogP contribution in [0.5, 0.6) is 0 Å². The second kappa shape index (κ2) is 2.42. The van der Waals surface area contributed by atoms with Crippen LogP contribution >= 0.6 is 0 Å². The van der Waals surface area contributed by atoms with Crippen LogP contribution in [0.4, 0.5) is 5.69 Å². The standard InChI is InChI=1S/C10H9NO2/c1-6-3-4-8-7(5-6)9(12)10(13)11(8)2/h3-5H,1-2H3. The van der Waals surface area contributed by atoms with Crippen molar-refractivity contribution in [3.05, 3.63) is 29.3 Å². The van der Waals surface area contributed by atoms with E-state index in [0.29, 0.717) is 11.3 Å². The van der Waals surface area contributed by atoms with Gasteiger partial charge in [-0.3, -0.25) is 9.59 Å². The average Bonchev–Trinajstić information content (AvgIpc) is 2.32. The number of carbonyl (C=O) groups is 2. The number of fused-ring (bicyclic) bond motifs is 1. The molecule has 0 atom stereocenters. The van der Waals surface area contributed by atoms with Crippen molar-refractivity contribution >= 4 is 17.4 Å². The molecule has 0 aliphatic carbocycles. The molecule has 1 aromatic carbocycles. The summed E-state index contributed by atoms with van der Waals surface area (Å²) in [6, 6.07) is 5.44. The number of Topliss-reactive ketones (excluding diaryl/α,β-unsaturated/α-hetero) is 1. The van der Waals surface area contributed by atoms with Gasteiger partial charge in [0.05, 0.1) is 11.3 Å². The summed E-state index contributed by atoms with van der Waals surface area (Å²) in [6.45, 7) is 1.90. The zero-order chi connectivity index (χ0) is 9.59. The molecule has 1 aliphatic rings. The topological polar surface area (TPSA) is 37.4 Å². The molecule has 1 heterocycles. The number of benzene rings is 1. The maximum Gasteiger partial charge on any atom is 0.299 e. The molecule has 0 saturated heterocycles. The second-order valence-electron chi connectivity index (χ2n) is 3.21. The molecule has 1 aromatic rings. The van der Waals surface area contributed by atoms with E-state index >= 15 is 0 Å². The Labute approximate surface area is 76.0 Å². The lowest BCUT2D eigenvalue weighted by molar-refractivity contribution is -0.114. The fourth-order valence-electron chi connectivity index (χ4n) is 1.50. The first-order valence-electron chi connectivity index (χ1n) is 4.04. The molecule has 1 aliphatic heterocycles. The minimum Gasteiger partial charge on any atom is -0.308 e. The van der Waals surface area contributed by atoms with E-state index in [0.717, 1.165) is 5.56 Å². The first kappa shape index (κ1) is 7.98.